The van der Waals surface area contributed by atoms with Crippen LogP contribution in [0.5, 0.6) is 0 Å². The minimum atomic E-state index is 0.656. The molecule has 0 bridgehead atoms. The smallest absolute Gasteiger partial charge is 0.0991 e. The lowest BCUT2D eigenvalue weighted by Gasteiger charge is -2.28. The Labute approximate surface area is 127 Å². The summed E-state index contributed by atoms with van der Waals surface area (Å²) < 4.78 is 11.8. The van der Waals surface area contributed by atoms with Crippen molar-refractivity contribution in [1.82, 2.24) is 0 Å². The monoisotopic (exact) mass is 285 g/mol. The lowest BCUT2D eigenvalue weighted by Crippen LogP contribution is -2.13. The molecule has 2 heteroatoms. The van der Waals surface area contributed by atoms with Crippen molar-refractivity contribution in [3.05, 3.63) is 47.8 Å². The zero-order chi connectivity index (χ0) is 14.9. The van der Waals surface area contributed by atoms with Gasteiger partial charge in [0.05, 0.1) is 18.0 Å². The van der Waals surface area contributed by atoms with Crippen LogP contribution in [0.3, 0.4) is 0 Å². The molecule has 21 heavy (non-hydrogen) atoms. The van der Waals surface area contributed by atoms with Gasteiger partial charge in [-0.2, -0.15) is 5.26 Å². The molecule has 1 saturated carbocycles. The Kier molecular flexibility index (Phi) is 6.47. The fraction of sp³-hybridized carbons (Fsp3) is 0.526. The average molecular weight is 285 g/mol. The number of nitrogens with zero attached hydrogens (tertiary/aromatic N) is 1. The first-order valence-electron chi connectivity index (χ1n) is 8.08. The van der Waals surface area contributed by atoms with Gasteiger partial charge in [0.1, 0.15) is 0 Å². The normalized spacial score (nSPS) is 22.3. The summed E-state index contributed by atoms with van der Waals surface area (Å²) >= 11 is 0. The van der Waals surface area contributed by atoms with Crippen LogP contribution in [0, 0.1) is 17.2 Å². The highest BCUT2D eigenvalue weighted by Crippen LogP contribution is 2.37. The molecule has 0 aliphatic heterocycles. The van der Waals surface area contributed by atoms with E-state index in [0.717, 1.165) is 24.3 Å². The lowest BCUT2D eigenvalue weighted by molar-refractivity contribution is 0.303. The van der Waals surface area contributed by atoms with Crippen molar-refractivity contribution < 1.29 is 4.39 Å². The van der Waals surface area contributed by atoms with E-state index in [4.69, 9.17) is 5.26 Å². The molecule has 1 nitrogen and oxygen atoms in total. The molecule has 112 valence electrons. The van der Waals surface area contributed by atoms with E-state index in [-0.39, 0.29) is 0 Å². The predicted octanol–water partition coefficient (Wildman–Crippen LogP) is 5.88. The van der Waals surface area contributed by atoms with Crippen LogP contribution in [0.1, 0.15) is 68.4 Å². The molecule has 1 fully saturated rings. The summed E-state index contributed by atoms with van der Waals surface area (Å²) in [5, 5.41) is 8.84. The molecular formula is C19H24FN. The summed E-state index contributed by atoms with van der Waals surface area (Å²) in [5.41, 5.74) is 2.13. The van der Waals surface area contributed by atoms with Gasteiger partial charge in [-0.25, -0.2) is 4.39 Å². The van der Waals surface area contributed by atoms with Crippen LogP contribution in [-0.2, 0) is 0 Å². The van der Waals surface area contributed by atoms with E-state index in [0.29, 0.717) is 12.2 Å². The highest BCUT2D eigenvalue weighted by molar-refractivity contribution is 5.33. The fourth-order valence-electron chi connectivity index (χ4n) is 3.37. The third kappa shape index (κ3) is 5.01. The van der Waals surface area contributed by atoms with Gasteiger partial charge in [-0.3, -0.25) is 0 Å². The molecule has 0 saturated heterocycles. The zero-order valence-corrected chi connectivity index (χ0v) is 12.6. The Hall–Kier alpha value is -1.62. The molecule has 0 heterocycles. The molecule has 0 unspecified atom stereocenters. The molecule has 0 aromatic heterocycles. The third-order valence-corrected chi connectivity index (χ3v) is 4.68. The number of halogens is 1. The molecule has 0 atom stereocenters. The molecule has 1 aromatic rings. The van der Waals surface area contributed by atoms with E-state index in [9.17, 15) is 4.39 Å². The third-order valence-electron chi connectivity index (χ3n) is 4.68. The molecule has 2 rings (SSSR count). The number of allylic oxidation sites excluding steroid dienone is 1. The Morgan fingerprint density at radius 2 is 1.81 bits per heavy atom. The Bertz CT molecular complexity index is 475. The van der Waals surface area contributed by atoms with Crippen LogP contribution >= 0.6 is 0 Å². The van der Waals surface area contributed by atoms with Crippen molar-refractivity contribution in [3.8, 4) is 6.07 Å². The van der Waals surface area contributed by atoms with Gasteiger partial charge in [0.25, 0.3) is 0 Å². The maximum atomic E-state index is 11.8. The molecule has 0 spiro atoms. The minimum Gasteiger partial charge on any atom is -0.216 e. The SMILES string of the molecule is N#Cc1ccc(C2CCC(CCCC/C=C/F)CC2)cc1. The van der Waals surface area contributed by atoms with E-state index < -0.39 is 0 Å². The van der Waals surface area contributed by atoms with Gasteiger partial charge in [-0.1, -0.05) is 31.1 Å². The Balaban J connectivity index is 1.71. The van der Waals surface area contributed by atoms with Crippen molar-refractivity contribution >= 4 is 0 Å². The van der Waals surface area contributed by atoms with Crippen LogP contribution in [0.15, 0.2) is 36.7 Å². The van der Waals surface area contributed by atoms with E-state index in [1.54, 1.807) is 6.08 Å². The largest absolute Gasteiger partial charge is 0.216 e. The predicted molar refractivity (Wildman–Crippen MR) is 84.6 cm³/mol. The van der Waals surface area contributed by atoms with Crippen molar-refractivity contribution in [2.24, 2.45) is 5.92 Å². The summed E-state index contributed by atoms with van der Waals surface area (Å²) in [6.45, 7) is 0. The molecule has 1 aromatic carbocycles. The van der Waals surface area contributed by atoms with Gasteiger partial charge >= 0.3 is 0 Å². The van der Waals surface area contributed by atoms with Gasteiger partial charge in [-0.15, -0.1) is 0 Å². The molecular weight excluding hydrogens is 261 g/mol. The van der Waals surface area contributed by atoms with E-state index in [1.165, 1.54) is 44.1 Å². The molecule has 1 aliphatic carbocycles. The van der Waals surface area contributed by atoms with E-state index in [2.05, 4.69) is 18.2 Å². The van der Waals surface area contributed by atoms with Crippen molar-refractivity contribution in [3.63, 3.8) is 0 Å². The first-order chi connectivity index (χ1) is 10.3. The van der Waals surface area contributed by atoms with Gasteiger partial charge in [0.2, 0.25) is 0 Å². The summed E-state index contributed by atoms with van der Waals surface area (Å²) in [4.78, 5) is 0. The zero-order valence-electron chi connectivity index (χ0n) is 12.6. The van der Waals surface area contributed by atoms with Gasteiger partial charge in [-0.05, 0) is 68.1 Å². The molecule has 0 amide bonds. The standard InChI is InChI=1S/C19H24FN/c20-14-4-2-1-3-5-16-6-10-18(11-7-16)19-12-8-17(15-21)9-13-19/h4,8-9,12-14,16,18H,1-3,5-7,10-11H2/b14-4+. The first-order valence-corrected chi connectivity index (χ1v) is 8.08. The van der Waals surface area contributed by atoms with Gasteiger partial charge < -0.3 is 0 Å². The molecule has 1 aliphatic rings. The second kappa shape index (κ2) is 8.62. The topological polar surface area (TPSA) is 23.8 Å². The van der Waals surface area contributed by atoms with Crippen LogP contribution < -0.4 is 0 Å². The van der Waals surface area contributed by atoms with Crippen LogP contribution in [0.25, 0.3) is 0 Å². The van der Waals surface area contributed by atoms with Crippen LogP contribution in [-0.4, -0.2) is 0 Å². The maximum absolute atomic E-state index is 11.8. The average Bonchev–Trinajstić information content (AvgIpc) is 2.55. The number of rotatable bonds is 6. The number of unbranched alkanes of at least 4 members (excludes halogenated alkanes) is 2. The highest BCUT2D eigenvalue weighted by Gasteiger charge is 2.21. The quantitative estimate of drug-likeness (QED) is 0.599. The van der Waals surface area contributed by atoms with E-state index >= 15 is 0 Å². The molecule has 0 N–H and O–H groups in total. The maximum Gasteiger partial charge on any atom is 0.0991 e. The first kappa shape index (κ1) is 15.8. The van der Waals surface area contributed by atoms with Crippen molar-refractivity contribution in [2.45, 2.75) is 57.3 Å². The second-order valence-corrected chi connectivity index (χ2v) is 6.10. The summed E-state index contributed by atoms with van der Waals surface area (Å²) in [7, 11) is 0. The van der Waals surface area contributed by atoms with Crippen molar-refractivity contribution in [2.75, 3.05) is 0 Å². The van der Waals surface area contributed by atoms with Crippen molar-refractivity contribution in [1.29, 1.82) is 5.26 Å². The van der Waals surface area contributed by atoms with Crippen LogP contribution in [0.2, 0.25) is 0 Å². The highest BCUT2D eigenvalue weighted by atomic mass is 19.1. The summed E-state index contributed by atoms with van der Waals surface area (Å²) in [6.07, 6.45) is 11.9. The summed E-state index contributed by atoms with van der Waals surface area (Å²) in [6, 6.07) is 10.3. The number of benzene rings is 1. The van der Waals surface area contributed by atoms with Gasteiger partial charge in [0, 0.05) is 0 Å². The second-order valence-electron chi connectivity index (χ2n) is 6.10. The van der Waals surface area contributed by atoms with Gasteiger partial charge in [0.15, 0.2) is 0 Å². The lowest BCUT2D eigenvalue weighted by atomic mass is 9.77. The Morgan fingerprint density at radius 3 is 2.43 bits per heavy atom. The van der Waals surface area contributed by atoms with E-state index in [1.807, 2.05) is 12.1 Å². The fourth-order valence-corrected chi connectivity index (χ4v) is 3.37. The Morgan fingerprint density at radius 1 is 1.10 bits per heavy atom. The number of nitriles is 1. The number of hydrogen-bond acceptors (Lipinski definition) is 1. The molecule has 0 radical (unpaired) electrons. The minimum absolute atomic E-state index is 0.656. The number of hydrogen-bond donors (Lipinski definition) is 0. The summed E-state index contributed by atoms with van der Waals surface area (Å²) in [5.74, 6) is 1.53. The van der Waals surface area contributed by atoms with Crippen LogP contribution in [0.4, 0.5) is 4.39 Å².